The normalized spacial score (nSPS) is 19.5. The van der Waals surface area contributed by atoms with Gasteiger partial charge in [-0.3, -0.25) is 0 Å². The van der Waals surface area contributed by atoms with Crippen molar-refractivity contribution in [3.63, 3.8) is 0 Å². The summed E-state index contributed by atoms with van der Waals surface area (Å²) in [5.41, 5.74) is 0.750. The molecule has 0 radical (unpaired) electrons. The van der Waals surface area contributed by atoms with Gasteiger partial charge in [0.05, 0.1) is 25.3 Å². The molecule has 1 unspecified atom stereocenters. The largest absolute Gasteiger partial charge is 0.378 e. The Morgan fingerprint density at radius 1 is 1.35 bits per heavy atom. The van der Waals surface area contributed by atoms with Crippen molar-refractivity contribution >= 4 is 15.9 Å². The Morgan fingerprint density at radius 2 is 1.94 bits per heavy atom. The number of hydrogen-bond donors (Lipinski definition) is 0. The molecular weight excluding hydrogens is 280 g/mol. The van der Waals surface area contributed by atoms with E-state index in [0.29, 0.717) is 13.2 Å². The fraction of sp³-hybridized carbons (Fsp3) is 0.462. The van der Waals surface area contributed by atoms with Gasteiger partial charge in [0.1, 0.15) is 5.41 Å². The van der Waals surface area contributed by atoms with E-state index in [2.05, 4.69) is 39.0 Å². The smallest absolute Gasteiger partial charge is 0.123 e. The SMILES string of the molecule is CN(C)C(c1ccc(Br)cc1)C1(C#N)COC1. The van der Waals surface area contributed by atoms with Crippen molar-refractivity contribution in [1.29, 1.82) is 5.26 Å². The second-order valence-electron chi connectivity index (χ2n) is 4.68. The van der Waals surface area contributed by atoms with Gasteiger partial charge in [-0.15, -0.1) is 0 Å². The predicted molar refractivity (Wildman–Crippen MR) is 69.4 cm³/mol. The first-order valence-corrected chi connectivity index (χ1v) is 6.29. The van der Waals surface area contributed by atoms with E-state index in [1.165, 1.54) is 0 Å². The second-order valence-corrected chi connectivity index (χ2v) is 5.59. The minimum atomic E-state index is -0.405. The van der Waals surface area contributed by atoms with Crippen LogP contribution in [0.25, 0.3) is 0 Å². The van der Waals surface area contributed by atoms with E-state index in [1.54, 1.807) is 0 Å². The first kappa shape index (κ1) is 12.6. The highest BCUT2D eigenvalue weighted by Gasteiger charge is 2.48. The topological polar surface area (TPSA) is 36.3 Å². The Bertz CT molecular complexity index is 432. The van der Waals surface area contributed by atoms with Crippen LogP contribution in [0.4, 0.5) is 0 Å². The highest BCUT2D eigenvalue weighted by molar-refractivity contribution is 9.10. The van der Waals surface area contributed by atoms with Gasteiger partial charge in [0.15, 0.2) is 0 Å². The highest BCUT2D eigenvalue weighted by atomic mass is 79.9. The van der Waals surface area contributed by atoms with E-state index < -0.39 is 5.41 Å². The first-order valence-electron chi connectivity index (χ1n) is 5.50. The molecule has 0 amide bonds. The maximum absolute atomic E-state index is 9.41. The molecule has 1 saturated heterocycles. The quantitative estimate of drug-likeness (QED) is 0.860. The molecule has 1 atom stereocenters. The number of nitrogens with zero attached hydrogens (tertiary/aromatic N) is 2. The van der Waals surface area contributed by atoms with E-state index in [-0.39, 0.29) is 6.04 Å². The number of nitriles is 1. The molecule has 1 aromatic carbocycles. The Labute approximate surface area is 110 Å². The predicted octanol–water partition coefficient (Wildman–Crippen LogP) is 2.59. The van der Waals surface area contributed by atoms with Crippen LogP contribution in [0.5, 0.6) is 0 Å². The van der Waals surface area contributed by atoms with Crippen LogP contribution in [0.15, 0.2) is 28.7 Å². The molecule has 3 nitrogen and oxygen atoms in total. The number of rotatable bonds is 3. The van der Waals surface area contributed by atoms with Crippen LogP contribution in [0.1, 0.15) is 11.6 Å². The third-order valence-electron chi connectivity index (χ3n) is 3.17. The molecule has 0 spiro atoms. The third-order valence-corrected chi connectivity index (χ3v) is 3.70. The molecule has 1 aliphatic rings. The fourth-order valence-corrected chi connectivity index (χ4v) is 2.63. The summed E-state index contributed by atoms with van der Waals surface area (Å²) in [6, 6.07) is 10.7. The lowest BCUT2D eigenvalue weighted by molar-refractivity contribution is -0.115. The van der Waals surface area contributed by atoms with Crippen molar-refractivity contribution in [1.82, 2.24) is 4.90 Å². The third kappa shape index (κ3) is 2.23. The van der Waals surface area contributed by atoms with Gasteiger partial charge in [0.2, 0.25) is 0 Å². The monoisotopic (exact) mass is 294 g/mol. The number of ether oxygens (including phenoxy) is 1. The molecule has 1 aliphatic heterocycles. The van der Waals surface area contributed by atoms with Crippen molar-refractivity contribution < 1.29 is 4.74 Å². The summed E-state index contributed by atoms with van der Waals surface area (Å²) in [6.45, 7) is 1.03. The molecule has 1 aromatic rings. The van der Waals surface area contributed by atoms with Gasteiger partial charge in [-0.2, -0.15) is 5.26 Å². The molecule has 4 heteroatoms. The number of halogens is 1. The van der Waals surface area contributed by atoms with E-state index in [1.807, 2.05) is 26.2 Å². The minimum absolute atomic E-state index is 0.0781. The standard InChI is InChI=1S/C13H15BrN2O/c1-16(2)12(13(7-15)8-17-9-13)10-3-5-11(14)6-4-10/h3-6,12H,8-9H2,1-2H3. The van der Waals surface area contributed by atoms with Gasteiger partial charge in [0, 0.05) is 4.47 Å². The van der Waals surface area contributed by atoms with E-state index >= 15 is 0 Å². The van der Waals surface area contributed by atoms with Crippen molar-refractivity contribution in [3.05, 3.63) is 34.3 Å². The first-order chi connectivity index (χ1) is 8.09. The average molecular weight is 295 g/mol. The lowest BCUT2D eigenvalue weighted by atomic mass is 9.76. The molecule has 0 N–H and O–H groups in total. The molecule has 0 aromatic heterocycles. The summed E-state index contributed by atoms with van der Waals surface area (Å²) in [5.74, 6) is 0. The van der Waals surface area contributed by atoms with Crippen molar-refractivity contribution in [3.8, 4) is 6.07 Å². The zero-order valence-electron chi connectivity index (χ0n) is 9.98. The van der Waals surface area contributed by atoms with Crippen LogP contribution in [0, 0.1) is 16.7 Å². The maximum Gasteiger partial charge on any atom is 0.123 e. The van der Waals surface area contributed by atoms with E-state index in [9.17, 15) is 5.26 Å². The highest BCUT2D eigenvalue weighted by Crippen LogP contribution is 2.43. The molecular formula is C13H15BrN2O. The molecule has 0 bridgehead atoms. The van der Waals surface area contributed by atoms with Crippen molar-refractivity contribution in [2.24, 2.45) is 5.41 Å². The summed E-state index contributed by atoms with van der Waals surface area (Å²) in [4.78, 5) is 2.09. The molecule has 17 heavy (non-hydrogen) atoms. The van der Waals surface area contributed by atoms with Gasteiger partial charge in [-0.1, -0.05) is 28.1 Å². The van der Waals surface area contributed by atoms with Crippen molar-refractivity contribution in [2.75, 3.05) is 27.3 Å². The summed E-state index contributed by atoms with van der Waals surface area (Å²) in [7, 11) is 4.01. The van der Waals surface area contributed by atoms with Crippen LogP contribution >= 0.6 is 15.9 Å². The molecule has 1 fully saturated rings. The van der Waals surface area contributed by atoms with Gasteiger partial charge >= 0.3 is 0 Å². The molecule has 1 heterocycles. The maximum atomic E-state index is 9.41. The van der Waals surface area contributed by atoms with Crippen LogP contribution in [-0.4, -0.2) is 32.2 Å². The number of benzene rings is 1. The number of hydrogen-bond acceptors (Lipinski definition) is 3. The van der Waals surface area contributed by atoms with E-state index in [4.69, 9.17) is 4.74 Å². The molecule has 0 saturated carbocycles. The molecule has 90 valence electrons. The van der Waals surface area contributed by atoms with Crippen LogP contribution in [-0.2, 0) is 4.74 Å². The Balaban J connectivity index is 2.36. The fourth-order valence-electron chi connectivity index (χ4n) is 2.36. The Morgan fingerprint density at radius 3 is 2.29 bits per heavy atom. The molecule has 2 rings (SSSR count). The van der Waals surface area contributed by atoms with Gasteiger partial charge in [-0.05, 0) is 31.8 Å². The summed E-state index contributed by atoms with van der Waals surface area (Å²) < 4.78 is 6.30. The van der Waals surface area contributed by atoms with Gasteiger partial charge in [-0.25, -0.2) is 0 Å². The Hall–Kier alpha value is -0.890. The zero-order chi connectivity index (χ0) is 12.5. The Kier molecular flexibility index (Phi) is 3.53. The summed E-state index contributed by atoms with van der Waals surface area (Å²) in [5, 5.41) is 9.41. The molecule has 0 aliphatic carbocycles. The van der Waals surface area contributed by atoms with Crippen molar-refractivity contribution in [2.45, 2.75) is 6.04 Å². The second kappa shape index (κ2) is 4.77. The van der Waals surface area contributed by atoms with Crippen LogP contribution in [0.2, 0.25) is 0 Å². The van der Waals surface area contributed by atoms with Crippen LogP contribution < -0.4 is 0 Å². The lowest BCUT2D eigenvalue weighted by Gasteiger charge is -2.44. The van der Waals surface area contributed by atoms with Gasteiger partial charge < -0.3 is 9.64 Å². The lowest BCUT2D eigenvalue weighted by Crippen LogP contribution is -2.50. The minimum Gasteiger partial charge on any atom is -0.378 e. The summed E-state index contributed by atoms with van der Waals surface area (Å²) in [6.07, 6.45) is 0. The van der Waals surface area contributed by atoms with Gasteiger partial charge in [0.25, 0.3) is 0 Å². The zero-order valence-corrected chi connectivity index (χ0v) is 11.6. The average Bonchev–Trinajstić information content (AvgIpc) is 2.24. The van der Waals surface area contributed by atoms with E-state index in [0.717, 1.165) is 10.0 Å². The summed E-state index contributed by atoms with van der Waals surface area (Å²) >= 11 is 3.43. The van der Waals surface area contributed by atoms with Crippen LogP contribution in [0.3, 0.4) is 0 Å².